The van der Waals surface area contributed by atoms with Crippen LogP contribution in [0.2, 0.25) is 0 Å². The van der Waals surface area contributed by atoms with E-state index in [1.165, 1.54) is 11.1 Å². The van der Waals surface area contributed by atoms with E-state index in [1.54, 1.807) is 0 Å². The van der Waals surface area contributed by atoms with Crippen LogP contribution in [0.4, 0.5) is 0 Å². The highest BCUT2D eigenvalue weighted by Gasteiger charge is 2.09. The monoisotopic (exact) mass is 271 g/mol. The zero-order valence-electron chi connectivity index (χ0n) is 12.8. The molecule has 0 aliphatic carbocycles. The van der Waals surface area contributed by atoms with Gasteiger partial charge in [-0.05, 0) is 31.0 Å². The molecule has 0 fully saturated rings. The molecule has 0 aliphatic rings. The van der Waals surface area contributed by atoms with Crippen LogP contribution in [-0.2, 0) is 13.0 Å². The molecular formula is C17H25N3. The first-order chi connectivity index (χ1) is 9.78. The quantitative estimate of drug-likeness (QED) is 0.834. The maximum absolute atomic E-state index is 4.46. The van der Waals surface area contributed by atoms with Crippen LogP contribution in [0.25, 0.3) is 0 Å². The van der Waals surface area contributed by atoms with Crippen LogP contribution in [0, 0.1) is 0 Å². The van der Waals surface area contributed by atoms with Gasteiger partial charge in [-0.2, -0.15) is 0 Å². The second kappa shape index (κ2) is 7.25. The van der Waals surface area contributed by atoms with Crippen molar-refractivity contribution in [2.45, 2.75) is 46.2 Å². The largest absolute Gasteiger partial charge is 0.335 e. The zero-order chi connectivity index (χ0) is 14.4. The number of nitrogens with zero attached hydrogens (tertiary/aromatic N) is 2. The number of aryl methyl sites for hydroxylation is 1. The SMILES string of the molecule is CCNC(CC)c1cccc(Cc2nccn2CC)c1. The molecule has 1 aromatic heterocycles. The van der Waals surface area contributed by atoms with Gasteiger partial charge in [0.15, 0.2) is 0 Å². The van der Waals surface area contributed by atoms with Gasteiger partial charge in [-0.15, -0.1) is 0 Å². The van der Waals surface area contributed by atoms with Gasteiger partial charge in [0.25, 0.3) is 0 Å². The highest BCUT2D eigenvalue weighted by Crippen LogP contribution is 2.19. The van der Waals surface area contributed by atoms with Crippen LogP contribution in [-0.4, -0.2) is 16.1 Å². The molecule has 3 heteroatoms. The Kier molecular flexibility index (Phi) is 5.36. The summed E-state index contributed by atoms with van der Waals surface area (Å²) in [6.07, 6.45) is 5.95. The van der Waals surface area contributed by atoms with Crippen LogP contribution in [0.3, 0.4) is 0 Å². The highest BCUT2D eigenvalue weighted by atomic mass is 15.0. The Balaban J connectivity index is 2.17. The average molecular weight is 271 g/mol. The summed E-state index contributed by atoms with van der Waals surface area (Å²) in [7, 11) is 0. The van der Waals surface area contributed by atoms with Crippen molar-refractivity contribution in [3.63, 3.8) is 0 Å². The Labute approximate surface area is 122 Å². The van der Waals surface area contributed by atoms with Crippen molar-refractivity contribution >= 4 is 0 Å². The first-order valence-corrected chi connectivity index (χ1v) is 7.60. The topological polar surface area (TPSA) is 29.9 Å². The number of nitrogens with one attached hydrogen (secondary N) is 1. The van der Waals surface area contributed by atoms with Crippen molar-refractivity contribution in [3.05, 3.63) is 53.6 Å². The number of rotatable bonds is 7. The lowest BCUT2D eigenvalue weighted by molar-refractivity contribution is 0.537. The fraction of sp³-hybridized carbons (Fsp3) is 0.471. The average Bonchev–Trinajstić information content (AvgIpc) is 2.92. The second-order valence-corrected chi connectivity index (χ2v) is 5.07. The first kappa shape index (κ1) is 14.8. The van der Waals surface area contributed by atoms with Gasteiger partial charge in [0, 0.05) is 31.4 Å². The lowest BCUT2D eigenvalue weighted by Crippen LogP contribution is -2.20. The summed E-state index contributed by atoms with van der Waals surface area (Å²) in [5, 5.41) is 3.54. The maximum Gasteiger partial charge on any atom is 0.113 e. The minimum absolute atomic E-state index is 0.450. The van der Waals surface area contributed by atoms with Crippen molar-refractivity contribution in [3.8, 4) is 0 Å². The third-order valence-corrected chi connectivity index (χ3v) is 3.72. The summed E-state index contributed by atoms with van der Waals surface area (Å²) >= 11 is 0. The van der Waals surface area contributed by atoms with Gasteiger partial charge in [0.05, 0.1) is 0 Å². The standard InChI is InChI=1S/C17H25N3/c1-4-16(18-5-2)15-9-7-8-14(12-15)13-17-19-10-11-20(17)6-3/h7-12,16,18H,4-6,13H2,1-3H3. The van der Waals surface area contributed by atoms with Crippen LogP contribution in [0.5, 0.6) is 0 Å². The van der Waals surface area contributed by atoms with E-state index in [4.69, 9.17) is 0 Å². The van der Waals surface area contributed by atoms with E-state index < -0.39 is 0 Å². The van der Waals surface area contributed by atoms with E-state index in [1.807, 2.05) is 12.4 Å². The van der Waals surface area contributed by atoms with Crippen LogP contribution >= 0.6 is 0 Å². The van der Waals surface area contributed by atoms with Gasteiger partial charge in [-0.1, -0.05) is 38.1 Å². The van der Waals surface area contributed by atoms with E-state index >= 15 is 0 Å². The fourth-order valence-corrected chi connectivity index (χ4v) is 2.64. The molecule has 0 aliphatic heterocycles. The molecule has 0 amide bonds. The lowest BCUT2D eigenvalue weighted by Gasteiger charge is -2.17. The van der Waals surface area contributed by atoms with Crippen LogP contribution in [0.1, 0.15) is 50.2 Å². The molecule has 1 heterocycles. The lowest BCUT2D eigenvalue weighted by atomic mass is 10.0. The fourth-order valence-electron chi connectivity index (χ4n) is 2.64. The summed E-state index contributed by atoms with van der Waals surface area (Å²) in [5.41, 5.74) is 2.71. The molecule has 0 bridgehead atoms. The predicted molar refractivity (Wildman–Crippen MR) is 83.9 cm³/mol. The van der Waals surface area contributed by atoms with Crippen LogP contribution in [0.15, 0.2) is 36.7 Å². The van der Waals surface area contributed by atoms with Crippen molar-refractivity contribution in [1.82, 2.24) is 14.9 Å². The molecule has 2 rings (SSSR count). The molecule has 2 aromatic rings. The Morgan fingerprint density at radius 1 is 1.25 bits per heavy atom. The molecule has 3 nitrogen and oxygen atoms in total. The molecular weight excluding hydrogens is 246 g/mol. The Bertz CT molecular complexity index is 531. The highest BCUT2D eigenvalue weighted by molar-refractivity contribution is 5.28. The molecule has 1 N–H and O–H groups in total. The van der Waals surface area contributed by atoms with E-state index in [0.29, 0.717) is 6.04 Å². The summed E-state index contributed by atoms with van der Waals surface area (Å²) in [5.74, 6) is 1.14. The van der Waals surface area contributed by atoms with Gasteiger partial charge in [-0.3, -0.25) is 0 Å². The predicted octanol–water partition coefficient (Wildman–Crippen LogP) is 3.55. The summed E-state index contributed by atoms with van der Waals surface area (Å²) in [6.45, 7) is 8.52. The van der Waals surface area contributed by atoms with Gasteiger partial charge < -0.3 is 9.88 Å². The Hall–Kier alpha value is -1.61. The maximum atomic E-state index is 4.46. The zero-order valence-corrected chi connectivity index (χ0v) is 12.8. The van der Waals surface area contributed by atoms with Crippen LogP contribution < -0.4 is 5.32 Å². The van der Waals surface area contributed by atoms with E-state index in [2.05, 4.69) is 59.9 Å². The third-order valence-electron chi connectivity index (χ3n) is 3.72. The summed E-state index contributed by atoms with van der Waals surface area (Å²) < 4.78 is 2.20. The van der Waals surface area contributed by atoms with Crippen molar-refractivity contribution in [2.75, 3.05) is 6.54 Å². The molecule has 0 spiro atoms. The molecule has 0 radical (unpaired) electrons. The van der Waals surface area contributed by atoms with Crippen molar-refractivity contribution in [2.24, 2.45) is 0 Å². The van der Waals surface area contributed by atoms with Gasteiger partial charge in [0.1, 0.15) is 5.82 Å². The smallest absolute Gasteiger partial charge is 0.113 e. The molecule has 0 saturated heterocycles. The number of hydrogen-bond donors (Lipinski definition) is 1. The Morgan fingerprint density at radius 2 is 2.10 bits per heavy atom. The third kappa shape index (κ3) is 3.48. The number of imidazole rings is 1. The molecule has 108 valence electrons. The normalized spacial score (nSPS) is 12.6. The Morgan fingerprint density at radius 3 is 2.80 bits per heavy atom. The minimum Gasteiger partial charge on any atom is -0.335 e. The second-order valence-electron chi connectivity index (χ2n) is 5.07. The minimum atomic E-state index is 0.450. The number of benzene rings is 1. The van der Waals surface area contributed by atoms with E-state index in [-0.39, 0.29) is 0 Å². The molecule has 1 unspecified atom stereocenters. The van der Waals surface area contributed by atoms with Gasteiger partial charge in [0.2, 0.25) is 0 Å². The van der Waals surface area contributed by atoms with Gasteiger partial charge >= 0.3 is 0 Å². The van der Waals surface area contributed by atoms with Crippen molar-refractivity contribution < 1.29 is 0 Å². The summed E-state index contributed by atoms with van der Waals surface area (Å²) in [4.78, 5) is 4.46. The number of aromatic nitrogens is 2. The summed E-state index contributed by atoms with van der Waals surface area (Å²) in [6, 6.07) is 9.32. The molecule has 1 aromatic carbocycles. The molecule has 0 saturated carbocycles. The van der Waals surface area contributed by atoms with E-state index in [0.717, 1.165) is 31.8 Å². The number of hydrogen-bond acceptors (Lipinski definition) is 2. The first-order valence-electron chi connectivity index (χ1n) is 7.60. The van der Waals surface area contributed by atoms with E-state index in [9.17, 15) is 0 Å². The molecule has 20 heavy (non-hydrogen) atoms. The van der Waals surface area contributed by atoms with Gasteiger partial charge in [-0.25, -0.2) is 4.98 Å². The van der Waals surface area contributed by atoms with Crippen molar-refractivity contribution in [1.29, 1.82) is 0 Å². The molecule has 1 atom stereocenters.